The number of imidazole rings is 1. The summed E-state index contributed by atoms with van der Waals surface area (Å²) in [6.07, 6.45) is 0.996. The number of hydrogen-bond acceptors (Lipinski definition) is 3. The summed E-state index contributed by atoms with van der Waals surface area (Å²) in [5.74, 6) is 0.889. The Hall–Kier alpha value is -2.14. The molecule has 3 heterocycles. The van der Waals surface area contributed by atoms with Crippen molar-refractivity contribution in [3.8, 4) is 11.5 Å². The molecule has 3 aromatic rings. The highest BCUT2D eigenvalue weighted by Crippen LogP contribution is 2.26. The van der Waals surface area contributed by atoms with Crippen molar-refractivity contribution in [3.63, 3.8) is 0 Å². The fraction of sp³-hybridized carbons (Fsp3) is 0.333. The van der Waals surface area contributed by atoms with Crippen LogP contribution in [-0.2, 0) is 13.0 Å². The first kappa shape index (κ1) is 11.7. The number of rotatable bonds is 1. The van der Waals surface area contributed by atoms with Crippen LogP contribution < -0.4 is 5.32 Å². The summed E-state index contributed by atoms with van der Waals surface area (Å²) in [4.78, 5) is 8.13. The average molecular weight is 267 g/mol. The van der Waals surface area contributed by atoms with Crippen LogP contribution in [0.15, 0.2) is 12.1 Å². The molecule has 0 spiro atoms. The highest BCUT2D eigenvalue weighted by molar-refractivity contribution is 5.81. The van der Waals surface area contributed by atoms with Gasteiger partial charge in [-0.3, -0.25) is 5.10 Å². The number of aryl methyl sites for hydroxylation is 2. The van der Waals surface area contributed by atoms with E-state index in [0.717, 1.165) is 47.8 Å². The smallest absolute Gasteiger partial charge is 0.156 e. The molecule has 0 fully saturated rings. The highest BCUT2D eigenvalue weighted by atomic mass is 15.2. The summed E-state index contributed by atoms with van der Waals surface area (Å²) in [5, 5.41) is 10.9. The van der Waals surface area contributed by atoms with Gasteiger partial charge in [-0.05, 0) is 50.1 Å². The molecule has 0 atom stereocenters. The number of fused-ring (bicyclic) bond motifs is 2. The maximum atomic E-state index is 4.72. The van der Waals surface area contributed by atoms with E-state index in [9.17, 15) is 0 Å². The van der Waals surface area contributed by atoms with Crippen molar-refractivity contribution in [2.45, 2.75) is 26.8 Å². The Morgan fingerprint density at radius 3 is 2.90 bits per heavy atom. The fourth-order valence-corrected chi connectivity index (χ4v) is 2.82. The molecule has 5 heteroatoms. The van der Waals surface area contributed by atoms with Gasteiger partial charge in [-0.25, -0.2) is 4.98 Å². The molecular weight excluding hydrogens is 250 g/mol. The lowest BCUT2D eigenvalue weighted by atomic mass is 10.1. The topological polar surface area (TPSA) is 69.4 Å². The van der Waals surface area contributed by atoms with Crippen molar-refractivity contribution >= 4 is 11.0 Å². The van der Waals surface area contributed by atoms with Crippen LogP contribution in [0.5, 0.6) is 0 Å². The van der Waals surface area contributed by atoms with E-state index >= 15 is 0 Å². The summed E-state index contributed by atoms with van der Waals surface area (Å²) in [6, 6.07) is 4.29. The van der Waals surface area contributed by atoms with Crippen LogP contribution in [0.1, 0.15) is 22.4 Å². The molecule has 0 unspecified atom stereocenters. The van der Waals surface area contributed by atoms with Crippen molar-refractivity contribution in [2.24, 2.45) is 0 Å². The van der Waals surface area contributed by atoms with Gasteiger partial charge in [0.2, 0.25) is 0 Å². The number of nitrogens with zero attached hydrogens (tertiary/aromatic N) is 2. The number of aromatic amines is 2. The van der Waals surface area contributed by atoms with Gasteiger partial charge in [-0.1, -0.05) is 0 Å². The molecule has 3 N–H and O–H groups in total. The molecule has 0 bridgehead atoms. The molecule has 0 amide bonds. The monoisotopic (exact) mass is 267 g/mol. The summed E-state index contributed by atoms with van der Waals surface area (Å²) in [7, 11) is 0. The first-order valence-corrected chi connectivity index (χ1v) is 6.96. The van der Waals surface area contributed by atoms with E-state index in [-0.39, 0.29) is 0 Å². The van der Waals surface area contributed by atoms with Crippen molar-refractivity contribution < 1.29 is 0 Å². The molecule has 1 aliphatic heterocycles. The highest BCUT2D eigenvalue weighted by Gasteiger charge is 2.19. The molecular formula is C15H17N5. The van der Waals surface area contributed by atoms with Gasteiger partial charge in [-0.15, -0.1) is 0 Å². The summed E-state index contributed by atoms with van der Waals surface area (Å²) in [5.41, 5.74) is 8.08. The second-order valence-corrected chi connectivity index (χ2v) is 5.49. The number of H-pyrrole nitrogens is 2. The van der Waals surface area contributed by atoms with Crippen LogP contribution in [0, 0.1) is 13.8 Å². The van der Waals surface area contributed by atoms with Crippen LogP contribution in [0.2, 0.25) is 0 Å². The van der Waals surface area contributed by atoms with Crippen LogP contribution in [0.3, 0.4) is 0 Å². The Labute approximate surface area is 116 Å². The standard InChI is InChI=1S/C15H17N5/c1-8-5-11-12(6-9(8)2)18-15(17-11)14-10-3-4-16-7-13(10)19-20-14/h5-6,16H,3-4,7H2,1-2H3,(H,17,18)(H,19,20). The molecule has 0 saturated heterocycles. The van der Waals surface area contributed by atoms with E-state index in [0.29, 0.717) is 0 Å². The van der Waals surface area contributed by atoms with E-state index in [4.69, 9.17) is 4.98 Å². The Morgan fingerprint density at radius 1 is 1.15 bits per heavy atom. The largest absolute Gasteiger partial charge is 0.337 e. The Kier molecular flexibility index (Phi) is 2.44. The van der Waals surface area contributed by atoms with Gasteiger partial charge in [0.05, 0.1) is 16.7 Å². The maximum absolute atomic E-state index is 4.72. The summed E-state index contributed by atoms with van der Waals surface area (Å²) in [6.45, 7) is 6.08. The predicted octanol–water partition coefficient (Wildman–Crippen LogP) is 2.22. The Bertz CT molecular complexity index is 757. The van der Waals surface area contributed by atoms with Crippen LogP contribution in [0.25, 0.3) is 22.6 Å². The predicted molar refractivity (Wildman–Crippen MR) is 78.6 cm³/mol. The maximum Gasteiger partial charge on any atom is 0.156 e. The zero-order valence-electron chi connectivity index (χ0n) is 11.7. The SMILES string of the molecule is Cc1cc2nc(-c3[nH]nc4c3CCNC4)[nH]c2cc1C. The summed E-state index contributed by atoms with van der Waals surface area (Å²) < 4.78 is 0. The molecule has 2 aromatic heterocycles. The second-order valence-electron chi connectivity index (χ2n) is 5.49. The van der Waals surface area contributed by atoms with Gasteiger partial charge in [0.25, 0.3) is 0 Å². The molecule has 1 aromatic carbocycles. The lowest BCUT2D eigenvalue weighted by Crippen LogP contribution is -2.23. The average Bonchev–Trinajstić information content (AvgIpc) is 3.02. The molecule has 1 aliphatic rings. The molecule has 5 nitrogen and oxygen atoms in total. The molecule has 0 aliphatic carbocycles. The van der Waals surface area contributed by atoms with E-state index in [2.05, 4.69) is 46.5 Å². The lowest BCUT2D eigenvalue weighted by molar-refractivity contribution is 0.633. The van der Waals surface area contributed by atoms with Crippen LogP contribution in [-0.4, -0.2) is 26.7 Å². The molecule has 4 rings (SSSR count). The van der Waals surface area contributed by atoms with E-state index in [1.807, 2.05) is 0 Å². The Balaban J connectivity index is 1.88. The van der Waals surface area contributed by atoms with Gasteiger partial charge in [0.15, 0.2) is 5.82 Å². The summed E-state index contributed by atoms with van der Waals surface area (Å²) >= 11 is 0. The normalized spacial score (nSPS) is 14.7. The van der Waals surface area contributed by atoms with E-state index < -0.39 is 0 Å². The number of hydrogen-bond donors (Lipinski definition) is 3. The van der Waals surface area contributed by atoms with Crippen molar-refractivity contribution in [3.05, 3.63) is 34.5 Å². The minimum atomic E-state index is 0.838. The third-order valence-electron chi connectivity index (χ3n) is 4.13. The fourth-order valence-electron chi connectivity index (χ4n) is 2.82. The first-order valence-electron chi connectivity index (χ1n) is 6.96. The zero-order chi connectivity index (χ0) is 13.7. The number of aromatic nitrogens is 4. The van der Waals surface area contributed by atoms with Crippen molar-refractivity contribution in [2.75, 3.05) is 6.54 Å². The van der Waals surface area contributed by atoms with E-state index in [1.165, 1.54) is 16.7 Å². The quantitative estimate of drug-likeness (QED) is 0.633. The van der Waals surface area contributed by atoms with Gasteiger partial charge >= 0.3 is 0 Å². The third-order valence-corrected chi connectivity index (χ3v) is 4.13. The molecule has 0 radical (unpaired) electrons. The Morgan fingerprint density at radius 2 is 2.00 bits per heavy atom. The number of nitrogens with one attached hydrogen (secondary N) is 3. The van der Waals surface area contributed by atoms with E-state index in [1.54, 1.807) is 0 Å². The second kappa shape index (κ2) is 4.18. The lowest BCUT2D eigenvalue weighted by Gasteiger charge is -2.11. The van der Waals surface area contributed by atoms with Crippen molar-refractivity contribution in [1.29, 1.82) is 0 Å². The molecule has 20 heavy (non-hydrogen) atoms. The van der Waals surface area contributed by atoms with Gasteiger partial charge < -0.3 is 10.3 Å². The van der Waals surface area contributed by atoms with Gasteiger partial charge in [0, 0.05) is 12.1 Å². The van der Waals surface area contributed by atoms with Crippen molar-refractivity contribution in [1.82, 2.24) is 25.5 Å². The van der Waals surface area contributed by atoms with Gasteiger partial charge in [0.1, 0.15) is 5.69 Å². The first-order chi connectivity index (χ1) is 9.72. The minimum absolute atomic E-state index is 0.838. The molecule has 0 saturated carbocycles. The van der Waals surface area contributed by atoms with Crippen LogP contribution in [0.4, 0.5) is 0 Å². The van der Waals surface area contributed by atoms with Crippen LogP contribution >= 0.6 is 0 Å². The zero-order valence-corrected chi connectivity index (χ0v) is 11.7. The molecule has 102 valence electrons. The minimum Gasteiger partial charge on any atom is -0.337 e. The third kappa shape index (κ3) is 1.67. The van der Waals surface area contributed by atoms with Gasteiger partial charge in [-0.2, -0.15) is 5.10 Å². The number of benzene rings is 1.